The number of halogens is 3. The monoisotopic (exact) mass is 994 g/mol. The number of benzene rings is 2. The van der Waals surface area contributed by atoms with Crippen LogP contribution < -0.4 is 26.2 Å². The molecule has 6 heterocycles. The molecule has 1 saturated heterocycles. The molecule has 4 aliphatic rings. The first-order chi connectivity index (χ1) is 33.7. The quantitative estimate of drug-likeness (QED) is 0.0387. The van der Waals surface area contributed by atoms with Crippen molar-refractivity contribution in [2.24, 2.45) is 0 Å². The molecule has 6 atom stereocenters. The first kappa shape index (κ1) is 49.6. The van der Waals surface area contributed by atoms with Crippen LogP contribution in [0, 0.1) is 17.5 Å². The predicted octanol–water partition coefficient (Wildman–Crippen LogP) is -0.0458. The highest BCUT2D eigenvalue weighted by molar-refractivity contribution is 6.13. The third-order valence-electron chi connectivity index (χ3n) is 12.2. The number of aliphatic hydroxyl groups is 4. The van der Waals surface area contributed by atoms with Crippen LogP contribution in [-0.2, 0) is 74.9 Å². The number of amides is 5. The lowest BCUT2D eigenvalue weighted by atomic mass is 9.86. The summed E-state index contributed by atoms with van der Waals surface area (Å²) >= 11 is 0. The van der Waals surface area contributed by atoms with Gasteiger partial charge in [0.1, 0.15) is 37.3 Å². The Hall–Kier alpha value is -7.78. The number of carbonyl (C=O) groups excluding carboxylic acids is 6. The summed E-state index contributed by atoms with van der Waals surface area (Å²) in [6.45, 7) is -0.955. The topological polar surface area (TPSA) is 332 Å². The zero-order valence-electron chi connectivity index (χ0n) is 36.9. The molecule has 0 spiro atoms. The highest BCUT2D eigenvalue weighted by Crippen LogP contribution is 2.41. The fourth-order valence-corrected chi connectivity index (χ4v) is 8.41. The number of aliphatic carboxylic acids is 1. The number of esters is 1. The Morgan fingerprint density at radius 2 is 1.65 bits per heavy atom. The van der Waals surface area contributed by atoms with E-state index >= 15 is 4.39 Å². The number of hydrogen-bond acceptors (Lipinski definition) is 17. The van der Waals surface area contributed by atoms with E-state index in [4.69, 9.17) is 18.9 Å². The Balaban J connectivity index is 1.00. The van der Waals surface area contributed by atoms with Crippen molar-refractivity contribution in [3.63, 3.8) is 0 Å². The van der Waals surface area contributed by atoms with Gasteiger partial charge in [0.05, 0.1) is 34.7 Å². The second-order valence-corrected chi connectivity index (χ2v) is 16.6. The van der Waals surface area contributed by atoms with Crippen molar-refractivity contribution in [3.05, 3.63) is 98.1 Å². The maximum atomic E-state index is 15.7. The maximum absolute atomic E-state index is 15.7. The number of nitrogens with zero attached hydrogens (tertiary/aromatic N) is 3. The molecule has 2 aromatic heterocycles. The Morgan fingerprint density at radius 1 is 0.915 bits per heavy atom. The number of carboxylic acid groups (broad SMARTS) is 1. The van der Waals surface area contributed by atoms with Gasteiger partial charge < -0.3 is 65.0 Å². The Bertz CT molecular complexity index is 3020. The van der Waals surface area contributed by atoms with Crippen molar-refractivity contribution >= 4 is 58.3 Å². The van der Waals surface area contributed by atoms with E-state index in [1.807, 2.05) is 0 Å². The minimum Gasteiger partial charge on any atom is -0.479 e. The lowest BCUT2D eigenvalue weighted by Crippen LogP contribution is -2.61. The molecule has 23 nitrogen and oxygen atoms in total. The summed E-state index contributed by atoms with van der Waals surface area (Å²) in [5.41, 5.74) is -3.50. The Kier molecular flexibility index (Phi) is 13.7. The molecule has 5 amide bonds. The molecule has 71 heavy (non-hydrogen) atoms. The highest BCUT2D eigenvalue weighted by Gasteiger charge is 2.49. The van der Waals surface area contributed by atoms with Crippen molar-refractivity contribution in [2.75, 3.05) is 18.4 Å². The first-order valence-corrected chi connectivity index (χ1v) is 21.6. The van der Waals surface area contributed by atoms with Gasteiger partial charge in [-0.25, -0.2) is 32.5 Å². The molecule has 0 radical (unpaired) electrons. The summed E-state index contributed by atoms with van der Waals surface area (Å²) in [6, 6.07) is 5.65. The summed E-state index contributed by atoms with van der Waals surface area (Å²) in [4.78, 5) is 106. The number of cyclic esters (lactones) is 1. The highest BCUT2D eigenvalue weighted by atomic mass is 19.2. The number of nitrogens with one attached hydrogen (secondary N) is 3. The zero-order valence-corrected chi connectivity index (χ0v) is 36.9. The van der Waals surface area contributed by atoms with Gasteiger partial charge >= 0.3 is 18.0 Å². The van der Waals surface area contributed by atoms with Crippen LogP contribution in [-0.4, -0.2) is 125 Å². The van der Waals surface area contributed by atoms with E-state index in [2.05, 4.69) is 20.9 Å². The number of aliphatic hydroxyl groups excluding tert-OH is 3. The first-order valence-electron chi connectivity index (χ1n) is 21.6. The third-order valence-corrected chi connectivity index (χ3v) is 12.2. The van der Waals surface area contributed by atoms with Crippen molar-refractivity contribution in [3.8, 4) is 17.1 Å². The third kappa shape index (κ3) is 9.37. The number of anilines is 1. The van der Waals surface area contributed by atoms with Gasteiger partial charge in [0.25, 0.3) is 17.4 Å². The van der Waals surface area contributed by atoms with Gasteiger partial charge in [0.15, 0.2) is 29.2 Å². The van der Waals surface area contributed by atoms with Gasteiger partial charge in [-0.1, -0.05) is 13.0 Å². The summed E-state index contributed by atoms with van der Waals surface area (Å²) in [7, 11) is 0. The molecular weight excluding hydrogens is 954 g/mol. The number of alkyl carbamates (subject to hydrolysis) is 1. The molecule has 374 valence electrons. The van der Waals surface area contributed by atoms with Gasteiger partial charge in [0.2, 0.25) is 18.1 Å². The molecule has 4 aliphatic heterocycles. The molecule has 26 heteroatoms. The Labute approximate surface area is 396 Å². The smallest absolute Gasteiger partial charge is 0.407 e. The molecule has 4 aromatic rings. The van der Waals surface area contributed by atoms with E-state index < -0.39 is 132 Å². The number of carboxylic acids is 1. The van der Waals surface area contributed by atoms with Crippen LogP contribution in [0.15, 0.2) is 47.3 Å². The molecule has 0 bridgehead atoms. The number of carbonyl (C=O) groups is 7. The number of pyridine rings is 2. The van der Waals surface area contributed by atoms with E-state index in [1.165, 1.54) is 35.8 Å². The maximum Gasteiger partial charge on any atom is 0.407 e. The van der Waals surface area contributed by atoms with Crippen LogP contribution in [0.4, 0.5) is 23.7 Å². The molecular formula is C45H41F3N6O17. The molecule has 2 aromatic carbocycles. The number of hydrogen-bond donors (Lipinski definition) is 8. The average molecular weight is 995 g/mol. The number of ether oxygens (including phenoxy) is 4. The van der Waals surface area contributed by atoms with E-state index in [1.54, 1.807) is 0 Å². The number of aromatic nitrogens is 2. The van der Waals surface area contributed by atoms with Gasteiger partial charge in [-0.3, -0.25) is 28.9 Å². The molecule has 8 rings (SSSR count). The minimum atomic E-state index is -2.21. The van der Waals surface area contributed by atoms with Crippen molar-refractivity contribution in [2.45, 2.75) is 88.8 Å². The second-order valence-electron chi connectivity index (χ2n) is 16.6. The lowest BCUT2D eigenvalue weighted by molar-refractivity contribution is -0.271. The van der Waals surface area contributed by atoms with Crippen molar-refractivity contribution in [1.29, 1.82) is 0 Å². The number of imide groups is 1. The molecule has 0 saturated carbocycles. The van der Waals surface area contributed by atoms with Crippen LogP contribution in [0.5, 0.6) is 5.75 Å². The van der Waals surface area contributed by atoms with Gasteiger partial charge in [0, 0.05) is 67.2 Å². The zero-order chi connectivity index (χ0) is 51.2. The van der Waals surface area contributed by atoms with E-state index in [-0.39, 0.29) is 89.5 Å². The lowest BCUT2D eigenvalue weighted by Gasteiger charge is -2.38. The van der Waals surface area contributed by atoms with Gasteiger partial charge in [-0.05, 0) is 35.7 Å². The van der Waals surface area contributed by atoms with E-state index in [0.29, 0.717) is 6.07 Å². The van der Waals surface area contributed by atoms with Gasteiger partial charge in [-0.15, -0.1) is 0 Å². The average Bonchev–Trinajstić information content (AvgIpc) is 3.87. The summed E-state index contributed by atoms with van der Waals surface area (Å²) < 4.78 is 67.6. The molecule has 8 N–H and O–H groups in total. The fourth-order valence-electron chi connectivity index (χ4n) is 8.41. The summed E-state index contributed by atoms with van der Waals surface area (Å²) in [5, 5.41) is 58.6. The van der Waals surface area contributed by atoms with Crippen LogP contribution in [0.3, 0.4) is 0 Å². The van der Waals surface area contributed by atoms with E-state index in [0.717, 1.165) is 17.1 Å². The van der Waals surface area contributed by atoms with Crippen molar-refractivity contribution in [1.82, 2.24) is 25.1 Å². The van der Waals surface area contributed by atoms with Crippen LogP contribution in [0.1, 0.15) is 54.0 Å². The summed E-state index contributed by atoms with van der Waals surface area (Å²) in [5.74, 6) is -10.6. The molecule has 1 fully saturated rings. The number of fused-ring (bicyclic) bond motifs is 5. The second kappa shape index (κ2) is 19.5. The normalized spacial score (nSPS) is 22.1. The van der Waals surface area contributed by atoms with Crippen LogP contribution in [0.25, 0.3) is 22.3 Å². The van der Waals surface area contributed by atoms with Gasteiger partial charge in [-0.2, -0.15) is 0 Å². The summed E-state index contributed by atoms with van der Waals surface area (Å²) in [6.07, 6.45) is -10.0. The standard InChI is InChI=1S/C45H41F3N6O17/c1-2-45(67)22-12-26-35-20(15-54(26)40(62)21(22)17-68-43(45)65)19(32-25(52-35)13-23(46)33(47)34(32)48)14-50-44(66)69-16-18-3-4-27(70-42-38(61)36(59)37(60)39(71-42)41(63)64)24(11-18)51-29(56)7-9-49-28(55)8-10-53-30(57)5-6-31(53)58/h3-6,11-13,36-39,42,59-61,67H,2,7-10,14-17H2,1H3,(H,49,55)(H,50,66)(H,51,56)(H,63,64)/t36-,37-,38+,39-,42+,45-/m0/s1. The van der Waals surface area contributed by atoms with Crippen LogP contribution >= 0.6 is 0 Å². The van der Waals surface area contributed by atoms with Crippen molar-refractivity contribution < 1.29 is 91.2 Å². The fraction of sp³-hybridized carbons (Fsp3) is 0.356. The molecule has 0 unspecified atom stereocenters. The van der Waals surface area contributed by atoms with Crippen LogP contribution in [0.2, 0.25) is 0 Å². The minimum absolute atomic E-state index is 0.0226. The molecule has 0 aliphatic carbocycles. The van der Waals surface area contributed by atoms with E-state index in [9.17, 15) is 72.7 Å². The predicted molar refractivity (Wildman–Crippen MR) is 230 cm³/mol. The number of rotatable bonds is 15. The Morgan fingerprint density at radius 3 is 2.35 bits per heavy atom. The SMILES string of the molecule is CC[C@@]1(O)C(=O)OCc2c1cc1n(c2=O)Cc2c-1nc1cc(F)c(F)c(F)c1c2CNC(=O)OCc1ccc(O[C@@H]2O[C@H](C(=O)O)[C@@H](O)[C@H](O)[C@H]2O)c(NC(=O)CCNC(=O)CCN2C(=O)C=CC2=O)c1. The largest absolute Gasteiger partial charge is 0.479 e.